The van der Waals surface area contributed by atoms with Gasteiger partial charge in [-0.25, -0.2) is 0 Å². The number of furan rings is 1. The molecular formula is C20H22O2. The Morgan fingerprint density at radius 2 is 1.68 bits per heavy atom. The summed E-state index contributed by atoms with van der Waals surface area (Å²) in [6.07, 6.45) is 4.14. The second kappa shape index (κ2) is 6.69. The fourth-order valence-corrected chi connectivity index (χ4v) is 2.91. The number of para-hydroxylation sites is 1. The standard InChI is InChI=1S/C20H22O2/c1-3-6-19-18(17-7-4-5-8-20(17)22-19)14-11-15-9-12-16(21-2)13-10-15/h4-5,7-10,12-13H,3,6,11,14H2,1-2H3. The van der Waals surface area contributed by atoms with Crippen LogP contribution in [0, 0.1) is 0 Å². The predicted octanol–water partition coefficient (Wildman–Crippen LogP) is 5.18. The lowest BCUT2D eigenvalue weighted by atomic mass is 10.00. The second-order valence-electron chi connectivity index (χ2n) is 5.60. The van der Waals surface area contributed by atoms with Crippen LogP contribution >= 0.6 is 0 Å². The maximum atomic E-state index is 6.04. The Labute approximate surface area is 131 Å². The third-order valence-electron chi connectivity index (χ3n) is 4.08. The first-order valence-corrected chi connectivity index (χ1v) is 7.94. The number of fused-ring (bicyclic) bond motifs is 1. The van der Waals surface area contributed by atoms with Gasteiger partial charge < -0.3 is 9.15 Å². The monoisotopic (exact) mass is 294 g/mol. The molecule has 22 heavy (non-hydrogen) atoms. The Bertz CT molecular complexity index is 738. The number of ether oxygens (including phenoxy) is 1. The highest BCUT2D eigenvalue weighted by molar-refractivity contribution is 5.82. The van der Waals surface area contributed by atoms with Crippen molar-refractivity contribution in [1.29, 1.82) is 0 Å². The Morgan fingerprint density at radius 1 is 0.909 bits per heavy atom. The summed E-state index contributed by atoms with van der Waals surface area (Å²) in [6, 6.07) is 16.7. The minimum absolute atomic E-state index is 0.907. The van der Waals surface area contributed by atoms with Crippen molar-refractivity contribution in [3.05, 3.63) is 65.4 Å². The van der Waals surface area contributed by atoms with E-state index in [0.717, 1.165) is 42.8 Å². The third-order valence-corrected chi connectivity index (χ3v) is 4.08. The van der Waals surface area contributed by atoms with E-state index in [-0.39, 0.29) is 0 Å². The fourth-order valence-electron chi connectivity index (χ4n) is 2.91. The van der Waals surface area contributed by atoms with E-state index in [1.54, 1.807) is 7.11 Å². The molecule has 0 atom stereocenters. The van der Waals surface area contributed by atoms with Gasteiger partial charge in [-0.1, -0.05) is 37.3 Å². The lowest BCUT2D eigenvalue weighted by Crippen LogP contribution is -1.95. The molecule has 3 aromatic rings. The Kier molecular flexibility index (Phi) is 4.47. The first-order chi connectivity index (χ1) is 10.8. The smallest absolute Gasteiger partial charge is 0.134 e. The van der Waals surface area contributed by atoms with Crippen LogP contribution in [-0.2, 0) is 19.3 Å². The zero-order chi connectivity index (χ0) is 15.4. The molecule has 2 nitrogen and oxygen atoms in total. The molecule has 0 aliphatic heterocycles. The van der Waals surface area contributed by atoms with Crippen LogP contribution < -0.4 is 4.74 Å². The molecule has 0 saturated heterocycles. The van der Waals surface area contributed by atoms with Crippen molar-refractivity contribution < 1.29 is 9.15 Å². The van der Waals surface area contributed by atoms with Crippen LogP contribution in [0.25, 0.3) is 11.0 Å². The van der Waals surface area contributed by atoms with E-state index in [9.17, 15) is 0 Å². The molecule has 0 spiro atoms. The molecule has 0 amide bonds. The zero-order valence-corrected chi connectivity index (χ0v) is 13.3. The molecule has 0 aliphatic carbocycles. The topological polar surface area (TPSA) is 22.4 Å². The molecule has 0 saturated carbocycles. The number of benzene rings is 2. The second-order valence-corrected chi connectivity index (χ2v) is 5.60. The van der Waals surface area contributed by atoms with Gasteiger partial charge in [0.15, 0.2) is 0 Å². The number of hydrogen-bond acceptors (Lipinski definition) is 2. The van der Waals surface area contributed by atoms with Crippen molar-refractivity contribution in [3.63, 3.8) is 0 Å². The van der Waals surface area contributed by atoms with Crippen LogP contribution in [0.3, 0.4) is 0 Å². The molecule has 0 radical (unpaired) electrons. The first-order valence-electron chi connectivity index (χ1n) is 7.94. The lowest BCUT2D eigenvalue weighted by molar-refractivity contribution is 0.414. The van der Waals surface area contributed by atoms with Gasteiger partial charge in [0.1, 0.15) is 17.1 Å². The van der Waals surface area contributed by atoms with Crippen LogP contribution in [-0.4, -0.2) is 7.11 Å². The van der Waals surface area contributed by atoms with Gasteiger partial charge in [-0.3, -0.25) is 0 Å². The van der Waals surface area contributed by atoms with Crippen molar-refractivity contribution in [1.82, 2.24) is 0 Å². The van der Waals surface area contributed by atoms with Gasteiger partial charge in [0.25, 0.3) is 0 Å². The SMILES string of the molecule is CCCc1oc2ccccc2c1CCc1ccc(OC)cc1. The van der Waals surface area contributed by atoms with Gasteiger partial charge in [0, 0.05) is 17.4 Å². The summed E-state index contributed by atoms with van der Waals surface area (Å²) in [5, 5.41) is 1.26. The number of hydrogen-bond donors (Lipinski definition) is 0. The molecule has 114 valence electrons. The van der Waals surface area contributed by atoms with Crippen molar-refractivity contribution in [2.75, 3.05) is 7.11 Å². The van der Waals surface area contributed by atoms with E-state index in [2.05, 4.69) is 37.3 Å². The van der Waals surface area contributed by atoms with Crippen LogP contribution in [0.5, 0.6) is 5.75 Å². The number of rotatable bonds is 6. The van der Waals surface area contributed by atoms with E-state index < -0.39 is 0 Å². The van der Waals surface area contributed by atoms with E-state index >= 15 is 0 Å². The fraction of sp³-hybridized carbons (Fsp3) is 0.300. The largest absolute Gasteiger partial charge is 0.497 e. The molecule has 0 fully saturated rings. The van der Waals surface area contributed by atoms with E-state index in [1.165, 1.54) is 16.5 Å². The molecule has 1 aromatic heterocycles. The molecule has 0 aliphatic rings. The summed E-state index contributed by atoms with van der Waals surface area (Å²) in [5.74, 6) is 2.06. The van der Waals surface area contributed by atoms with Crippen molar-refractivity contribution in [2.24, 2.45) is 0 Å². The summed E-state index contributed by atoms with van der Waals surface area (Å²) in [4.78, 5) is 0. The van der Waals surface area contributed by atoms with Gasteiger partial charge >= 0.3 is 0 Å². The maximum absolute atomic E-state index is 6.04. The molecule has 2 heteroatoms. The van der Waals surface area contributed by atoms with Crippen LogP contribution in [0.2, 0.25) is 0 Å². The van der Waals surface area contributed by atoms with Crippen molar-refractivity contribution >= 4 is 11.0 Å². The summed E-state index contributed by atoms with van der Waals surface area (Å²) in [7, 11) is 1.70. The van der Waals surface area contributed by atoms with E-state index in [1.807, 2.05) is 18.2 Å². The van der Waals surface area contributed by atoms with E-state index in [0.29, 0.717) is 0 Å². The molecule has 0 bridgehead atoms. The van der Waals surface area contributed by atoms with Gasteiger partial charge in [0.05, 0.1) is 7.11 Å². The highest BCUT2D eigenvalue weighted by Crippen LogP contribution is 2.28. The average molecular weight is 294 g/mol. The van der Waals surface area contributed by atoms with Gasteiger partial charge in [-0.2, -0.15) is 0 Å². The lowest BCUT2D eigenvalue weighted by Gasteiger charge is -2.05. The molecule has 0 N–H and O–H groups in total. The van der Waals surface area contributed by atoms with Crippen molar-refractivity contribution in [3.8, 4) is 5.75 Å². The van der Waals surface area contributed by atoms with Gasteiger partial charge in [-0.05, 0) is 43.0 Å². The summed E-state index contributed by atoms with van der Waals surface area (Å²) >= 11 is 0. The quantitative estimate of drug-likeness (QED) is 0.625. The summed E-state index contributed by atoms with van der Waals surface area (Å²) < 4.78 is 11.3. The number of aryl methyl sites for hydroxylation is 3. The maximum Gasteiger partial charge on any atom is 0.134 e. The number of methoxy groups -OCH3 is 1. The molecule has 1 heterocycles. The third kappa shape index (κ3) is 3.01. The molecule has 3 rings (SSSR count). The van der Waals surface area contributed by atoms with Crippen LogP contribution in [0.15, 0.2) is 52.9 Å². The normalized spacial score (nSPS) is 11.0. The molecule has 0 unspecified atom stereocenters. The highest BCUT2D eigenvalue weighted by Gasteiger charge is 2.13. The van der Waals surface area contributed by atoms with Gasteiger partial charge in [-0.15, -0.1) is 0 Å². The van der Waals surface area contributed by atoms with Crippen LogP contribution in [0.4, 0.5) is 0 Å². The van der Waals surface area contributed by atoms with Crippen LogP contribution in [0.1, 0.15) is 30.2 Å². The van der Waals surface area contributed by atoms with Crippen molar-refractivity contribution in [2.45, 2.75) is 32.6 Å². The van der Waals surface area contributed by atoms with E-state index in [4.69, 9.17) is 9.15 Å². The molecule has 2 aromatic carbocycles. The van der Waals surface area contributed by atoms with Gasteiger partial charge in [0.2, 0.25) is 0 Å². The summed E-state index contributed by atoms with van der Waals surface area (Å²) in [6.45, 7) is 2.19. The first kappa shape index (κ1) is 14.7. The summed E-state index contributed by atoms with van der Waals surface area (Å²) in [5.41, 5.74) is 3.71. The Balaban J connectivity index is 1.83. The Morgan fingerprint density at radius 3 is 2.41 bits per heavy atom. The molecular weight excluding hydrogens is 272 g/mol. The predicted molar refractivity (Wildman–Crippen MR) is 90.6 cm³/mol. The highest BCUT2D eigenvalue weighted by atomic mass is 16.5. The minimum atomic E-state index is 0.907. The average Bonchev–Trinajstić information content (AvgIpc) is 2.91. The minimum Gasteiger partial charge on any atom is -0.497 e. The Hall–Kier alpha value is -2.22. The zero-order valence-electron chi connectivity index (χ0n) is 13.3.